The van der Waals surface area contributed by atoms with E-state index in [1.54, 1.807) is 23.9 Å². The molecular weight excluding hydrogens is 266 g/mol. The lowest BCUT2D eigenvalue weighted by molar-refractivity contribution is -0.384. The predicted octanol–water partition coefficient (Wildman–Crippen LogP) is 1.29. The summed E-state index contributed by atoms with van der Waals surface area (Å²) in [7, 11) is 0. The average molecular weight is 283 g/mol. The van der Waals surface area contributed by atoms with Gasteiger partial charge in [-0.05, 0) is 24.0 Å². The second-order valence-electron chi connectivity index (χ2n) is 4.03. The van der Waals surface area contributed by atoms with Crippen molar-refractivity contribution in [1.82, 2.24) is 5.32 Å². The molecule has 6 nitrogen and oxygen atoms in total. The number of hydrogen-bond acceptors (Lipinski definition) is 5. The molecule has 1 aromatic carbocycles. The number of rotatable bonds is 7. The van der Waals surface area contributed by atoms with Crippen LogP contribution in [0.15, 0.2) is 24.3 Å². The molecule has 3 N–H and O–H groups in total. The van der Waals surface area contributed by atoms with Gasteiger partial charge < -0.3 is 11.1 Å². The van der Waals surface area contributed by atoms with Gasteiger partial charge in [0.25, 0.3) is 5.69 Å². The molecule has 0 bridgehead atoms. The minimum Gasteiger partial charge on any atom is -0.351 e. The first-order valence-corrected chi connectivity index (χ1v) is 7.19. The van der Waals surface area contributed by atoms with E-state index >= 15 is 0 Å². The molecular formula is C12H17N3O3S. The fourth-order valence-electron chi connectivity index (χ4n) is 1.43. The van der Waals surface area contributed by atoms with Crippen molar-refractivity contribution in [2.24, 2.45) is 5.73 Å². The number of nitrogens with one attached hydrogen (secondary N) is 1. The second kappa shape index (κ2) is 7.75. The van der Waals surface area contributed by atoms with Crippen molar-refractivity contribution < 1.29 is 9.72 Å². The molecule has 1 rings (SSSR count). The van der Waals surface area contributed by atoms with E-state index in [-0.39, 0.29) is 11.6 Å². The summed E-state index contributed by atoms with van der Waals surface area (Å²) in [4.78, 5) is 21.7. The Balaban J connectivity index is 2.43. The first-order chi connectivity index (χ1) is 9.04. The molecule has 0 aromatic heterocycles. The van der Waals surface area contributed by atoms with Crippen molar-refractivity contribution in [2.45, 2.75) is 19.0 Å². The van der Waals surface area contributed by atoms with Crippen molar-refractivity contribution in [1.29, 1.82) is 0 Å². The summed E-state index contributed by atoms with van der Waals surface area (Å²) in [5, 5.41) is 13.2. The minimum absolute atomic E-state index is 0.0340. The Bertz CT molecular complexity index is 436. The molecule has 0 aliphatic rings. The highest BCUT2D eigenvalue weighted by molar-refractivity contribution is 7.98. The van der Waals surface area contributed by atoms with Crippen LogP contribution in [-0.4, -0.2) is 28.9 Å². The lowest BCUT2D eigenvalue weighted by Crippen LogP contribution is -2.40. The van der Waals surface area contributed by atoms with Gasteiger partial charge in [0.05, 0.1) is 11.0 Å². The molecule has 0 saturated carbocycles. The molecule has 1 atom stereocenters. The molecule has 0 saturated heterocycles. The largest absolute Gasteiger partial charge is 0.351 e. The van der Waals surface area contributed by atoms with Crippen LogP contribution in [0.25, 0.3) is 0 Å². The third kappa shape index (κ3) is 5.27. The van der Waals surface area contributed by atoms with Crippen LogP contribution in [0.1, 0.15) is 12.0 Å². The molecule has 1 aromatic rings. The minimum atomic E-state index is -0.509. The van der Waals surface area contributed by atoms with Crippen LogP contribution in [0.2, 0.25) is 0 Å². The van der Waals surface area contributed by atoms with Gasteiger partial charge in [0.2, 0.25) is 5.91 Å². The third-order valence-corrected chi connectivity index (χ3v) is 3.23. The van der Waals surface area contributed by atoms with Crippen LogP contribution in [0, 0.1) is 10.1 Å². The Morgan fingerprint density at radius 1 is 1.47 bits per heavy atom. The number of hydrogen-bond donors (Lipinski definition) is 2. The van der Waals surface area contributed by atoms with E-state index in [1.807, 2.05) is 6.26 Å². The van der Waals surface area contributed by atoms with E-state index in [1.165, 1.54) is 12.1 Å². The number of amides is 1. The van der Waals surface area contributed by atoms with Gasteiger partial charge in [0, 0.05) is 18.7 Å². The molecule has 0 aliphatic carbocycles. The number of nitrogens with zero attached hydrogens (tertiary/aromatic N) is 1. The van der Waals surface area contributed by atoms with Crippen molar-refractivity contribution in [3.05, 3.63) is 39.9 Å². The Morgan fingerprint density at radius 2 is 2.11 bits per heavy atom. The summed E-state index contributed by atoms with van der Waals surface area (Å²) in [5.74, 6) is 0.638. The van der Waals surface area contributed by atoms with E-state index in [0.29, 0.717) is 13.0 Å². The zero-order chi connectivity index (χ0) is 14.3. The topological polar surface area (TPSA) is 98.3 Å². The van der Waals surface area contributed by atoms with Crippen molar-refractivity contribution >= 4 is 23.4 Å². The van der Waals surface area contributed by atoms with Gasteiger partial charge in [0.1, 0.15) is 0 Å². The molecule has 1 amide bonds. The number of thioether (sulfide) groups is 1. The van der Waals surface area contributed by atoms with Gasteiger partial charge in [-0.2, -0.15) is 11.8 Å². The lowest BCUT2D eigenvalue weighted by Gasteiger charge is -2.11. The van der Waals surface area contributed by atoms with Crippen LogP contribution in [0.3, 0.4) is 0 Å². The number of carbonyl (C=O) groups is 1. The highest BCUT2D eigenvalue weighted by Crippen LogP contribution is 2.11. The first-order valence-electron chi connectivity index (χ1n) is 5.80. The Hall–Kier alpha value is -1.60. The number of carbonyl (C=O) groups excluding carboxylic acids is 1. The van der Waals surface area contributed by atoms with Crippen LogP contribution in [0.4, 0.5) is 5.69 Å². The predicted molar refractivity (Wildman–Crippen MR) is 75.9 cm³/mol. The molecule has 7 heteroatoms. The molecule has 104 valence electrons. The number of nitrogens with two attached hydrogens (primary N) is 1. The van der Waals surface area contributed by atoms with Crippen LogP contribution in [-0.2, 0) is 11.3 Å². The zero-order valence-electron chi connectivity index (χ0n) is 10.7. The van der Waals surface area contributed by atoms with Crippen molar-refractivity contribution in [2.75, 3.05) is 12.0 Å². The molecule has 19 heavy (non-hydrogen) atoms. The fourth-order valence-corrected chi connectivity index (χ4v) is 1.92. The SMILES string of the molecule is CSCC[C@@H](N)C(=O)NCc1ccc([N+](=O)[O-])cc1. The molecule has 0 heterocycles. The Kier molecular flexibility index (Phi) is 6.31. The van der Waals surface area contributed by atoms with Gasteiger partial charge in [-0.1, -0.05) is 12.1 Å². The standard InChI is InChI=1S/C12H17N3O3S/c1-19-7-6-11(13)12(16)14-8-9-2-4-10(5-3-9)15(17)18/h2-5,11H,6-8,13H2,1H3,(H,14,16)/t11-/m1/s1. The Labute approximate surface area is 115 Å². The monoisotopic (exact) mass is 283 g/mol. The maximum Gasteiger partial charge on any atom is 0.269 e. The molecule has 0 spiro atoms. The lowest BCUT2D eigenvalue weighted by atomic mass is 10.2. The molecule has 0 unspecified atom stereocenters. The summed E-state index contributed by atoms with van der Waals surface area (Å²) in [6.07, 6.45) is 2.59. The Morgan fingerprint density at radius 3 is 2.63 bits per heavy atom. The molecule has 0 radical (unpaired) electrons. The number of non-ortho nitro benzene ring substituents is 1. The fraction of sp³-hybridized carbons (Fsp3) is 0.417. The highest BCUT2D eigenvalue weighted by Gasteiger charge is 2.12. The summed E-state index contributed by atoms with van der Waals surface area (Å²) in [5.41, 5.74) is 6.55. The number of benzene rings is 1. The molecule has 0 fully saturated rings. The molecule has 0 aliphatic heterocycles. The van der Waals surface area contributed by atoms with E-state index in [2.05, 4.69) is 5.32 Å². The van der Waals surface area contributed by atoms with E-state index in [4.69, 9.17) is 5.73 Å². The highest BCUT2D eigenvalue weighted by atomic mass is 32.2. The van der Waals surface area contributed by atoms with E-state index in [0.717, 1.165) is 11.3 Å². The summed E-state index contributed by atoms with van der Waals surface area (Å²) in [6.45, 7) is 0.323. The first kappa shape index (κ1) is 15.5. The summed E-state index contributed by atoms with van der Waals surface area (Å²) < 4.78 is 0. The summed E-state index contributed by atoms with van der Waals surface area (Å²) >= 11 is 1.64. The van der Waals surface area contributed by atoms with Crippen molar-refractivity contribution in [3.63, 3.8) is 0 Å². The van der Waals surface area contributed by atoms with Crippen molar-refractivity contribution in [3.8, 4) is 0 Å². The van der Waals surface area contributed by atoms with Crippen LogP contribution in [0.5, 0.6) is 0 Å². The summed E-state index contributed by atoms with van der Waals surface area (Å²) in [6, 6.07) is 5.55. The number of nitro benzene ring substituents is 1. The van der Waals surface area contributed by atoms with Gasteiger partial charge in [-0.3, -0.25) is 14.9 Å². The van der Waals surface area contributed by atoms with Gasteiger partial charge in [-0.15, -0.1) is 0 Å². The second-order valence-corrected chi connectivity index (χ2v) is 5.01. The third-order valence-electron chi connectivity index (χ3n) is 2.58. The van der Waals surface area contributed by atoms with Gasteiger partial charge in [0.15, 0.2) is 0 Å². The van der Waals surface area contributed by atoms with Crippen LogP contribution < -0.4 is 11.1 Å². The maximum atomic E-state index is 11.6. The zero-order valence-corrected chi connectivity index (χ0v) is 11.5. The van der Waals surface area contributed by atoms with Gasteiger partial charge in [-0.25, -0.2) is 0 Å². The van der Waals surface area contributed by atoms with Gasteiger partial charge >= 0.3 is 0 Å². The van der Waals surface area contributed by atoms with E-state index in [9.17, 15) is 14.9 Å². The normalized spacial score (nSPS) is 11.9. The van der Waals surface area contributed by atoms with Crippen LogP contribution >= 0.6 is 11.8 Å². The quantitative estimate of drug-likeness (QED) is 0.580. The number of nitro groups is 1. The van der Waals surface area contributed by atoms with E-state index < -0.39 is 11.0 Å². The average Bonchev–Trinajstić information content (AvgIpc) is 2.42. The smallest absolute Gasteiger partial charge is 0.269 e. The maximum absolute atomic E-state index is 11.6.